The van der Waals surface area contributed by atoms with Crippen LogP contribution in [0.15, 0.2) is 24.5 Å². The number of nitrogens with one attached hydrogen (secondary N) is 1. The summed E-state index contributed by atoms with van der Waals surface area (Å²) in [6, 6.07) is 4.53. The third-order valence-electron chi connectivity index (χ3n) is 2.66. The lowest BCUT2D eigenvalue weighted by Gasteiger charge is -2.13. The van der Waals surface area contributed by atoms with Crippen molar-refractivity contribution in [3.8, 4) is 0 Å². The lowest BCUT2D eigenvalue weighted by molar-refractivity contribution is 0.543. The fourth-order valence-corrected chi connectivity index (χ4v) is 2.11. The van der Waals surface area contributed by atoms with E-state index in [0.29, 0.717) is 6.04 Å². The van der Waals surface area contributed by atoms with Gasteiger partial charge < -0.3 is 5.32 Å². The van der Waals surface area contributed by atoms with Gasteiger partial charge in [-0.05, 0) is 49.9 Å². The van der Waals surface area contributed by atoms with E-state index in [2.05, 4.69) is 29.5 Å². The Labute approximate surface area is 103 Å². The largest absolute Gasteiger partial charge is 0.310 e. The minimum atomic E-state index is 0.411. The molecule has 1 aromatic heterocycles. The molecule has 1 heterocycles. The maximum absolute atomic E-state index is 4.13. The van der Waals surface area contributed by atoms with Gasteiger partial charge in [0.25, 0.3) is 0 Å². The Balaban J connectivity index is 2.09. The molecular formula is C13H22N2S. The highest BCUT2D eigenvalue weighted by Crippen LogP contribution is 2.10. The van der Waals surface area contributed by atoms with E-state index in [1.54, 1.807) is 0 Å². The van der Waals surface area contributed by atoms with Crippen LogP contribution in [0.3, 0.4) is 0 Å². The molecule has 0 amide bonds. The first kappa shape index (κ1) is 13.5. The molecule has 2 nitrogen and oxygen atoms in total. The molecule has 0 saturated heterocycles. The van der Waals surface area contributed by atoms with Gasteiger partial charge in [0.15, 0.2) is 0 Å². The lowest BCUT2D eigenvalue weighted by atomic mass is 10.1. The van der Waals surface area contributed by atoms with Gasteiger partial charge in [-0.25, -0.2) is 0 Å². The zero-order chi connectivity index (χ0) is 11.6. The van der Waals surface area contributed by atoms with Crippen molar-refractivity contribution in [2.45, 2.75) is 32.2 Å². The van der Waals surface area contributed by atoms with Crippen LogP contribution in [-0.2, 0) is 0 Å². The molecule has 0 spiro atoms. The summed E-state index contributed by atoms with van der Waals surface area (Å²) in [6.07, 6.45) is 9.86. The standard InChI is InChI=1S/C13H22N2S/c1-12(13-7-6-8-14-11-13)15-9-4-3-5-10-16-2/h6-8,11-12,15H,3-5,9-10H2,1-2H3. The Morgan fingerprint density at radius 1 is 1.38 bits per heavy atom. The molecule has 0 radical (unpaired) electrons. The molecule has 0 fully saturated rings. The van der Waals surface area contributed by atoms with E-state index in [9.17, 15) is 0 Å². The fraction of sp³-hybridized carbons (Fsp3) is 0.615. The second-order valence-corrected chi connectivity index (χ2v) is 5.00. The molecule has 1 rings (SSSR count). The molecule has 16 heavy (non-hydrogen) atoms. The van der Waals surface area contributed by atoms with Crippen LogP contribution in [-0.4, -0.2) is 23.5 Å². The van der Waals surface area contributed by atoms with Gasteiger partial charge in [0, 0.05) is 18.4 Å². The smallest absolute Gasteiger partial charge is 0.0315 e. The Morgan fingerprint density at radius 2 is 2.25 bits per heavy atom. The third-order valence-corrected chi connectivity index (χ3v) is 3.36. The molecule has 0 aromatic carbocycles. The number of unbranched alkanes of at least 4 members (excludes halogenated alkanes) is 2. The minimum Gasteiger partial charge on any atom is -0.310 e. The van der Waals surface area contributed by atoms with Crippen LogP contribution in [0.5, 0.6) is 0 Å². The Bertz CT molecular complexity index is 264. The first-order valence-electron chi connectivity index (χ1n) is 5.97. The highest BCUT2D eigenvalue weighted by Gasteiger charge is 2.02. The second-order valence-electron chi connectivity index (χ2n) is 4.02. The van der Waals surface area contributed by atoms with Gasteiger partial charge in [0.1, 0.15) is 0 Å². The summed E-state index contributed by atoms with van der Waals surface area (Å²) in [5.74, 6) is 1.29. The molecule has 0 aliphatic rings. The quantitative estimate of drug-likeness (QED) is 0.704. The Hall–Kier alpha value is -0.540. The summed E-state index contributed by atoms with van der Waals surface area (Å²) in [5.41, 5.74) is 1.27. The molecule has 90 valence electrons. The van der Waals surface area contributed by atoms with Gasteiger partial charge in [-0.2, -0.15) is 11.8 Å². The van der Waals surface area contributed by atoms with Crippen LogP contribution in [0.2, 0.25) is 0 Å². The highest BCUT2D eigenvalue weighted by molar-refractivity contribution is 7.98. The van der Waals surface area contributed by atoms with Crippen molar-refractivity contribution >= 4 is 11.8 Å². The van der Waals surface area contributed by atoms with Crippen LogP contribution in [0.25, 0.3) is 0 Å². The fourth-order valence-electron chi connectivity index (χ4n) is 1.62. The normalized spacial score (nSPS) is 12.6. The van der Waals surface area contributed by atoms with Gasteiger partial charge in [-0.1, -0.05) is 12.5 Å². The minimum absolute atomic E-state index is 0.411. The number of nitrogens with zero attached hydrogens (tertiary/aromatic N) is 1. The summed E-state index contributed by atoms with van der Waals surface area (Å²) in [7, 11) is 0. The SMILES string of the molecule is CSCCCCCNC(C)c1cccnc1. The van der Waals surface area contributed by atoms with Crippen molar-refractivity contribution in [2.75, 3.05) is 18.6 Å². The van der Waals surface area contributed by atoms with Gasteiger partial charge in [-0.3, -0.25) is 4.98 Å². The van der Waals surface area contributed by atoms with E-state index in [1.807, 2.05) is 30.2 Å². The first-order chi connectivity index (χ1) is 7.84. The van der Waals surface area contributed by atoms with Crippen LogP contribution in [0.4, 0.5) is 0 Å². The van der Waals surface area contributed by atoms with Crippen molar-refractivity contribution in [1.82, 2.24) is 10.3 Å². The molecule has 1 atom stereocenters. The zero-order valence-corrected chi connectivity index (χ0v) is 11.1. The molecule has 0 saturated carbocycles. The van der Waals surface area contributed by atoms with Gasteiger partial charge in [0.2, 0.25) is 0 Å². The topological polar surface area (TPSA) is 24.9 Å². The van der Waals surface area contributed by atoms with Crippen LogP contribution < -0.4 is 5.32 Å². The summed E-state index contributed by atoms with van der Waals surface area (Å²) in [4.78, 5) is 4.13. The average molecular weight is 238 g/mol. The van der Waals surface area contributed by atoms with E-state index in [0.717, 1.165) is 6.54 Å². The van der Waals surface area contributed by atoms with Crippen LogP contribution >= 0.6 is 11.8 Å². The maximum atomic E-state index is 4.13. The van der Waals surface area contributed by atoms with Crippen molar-refractivity contribution < 1.29 is 0 Å². The zero-order valence-electron chi connectivity index (χ0n) is 10.3. The molecule has 1 aromatic rings. The van der Waals surface area contributed by atoms with Crippen molar-refractivity contribution in [1.29, 1.82) is 0 Å². The second kappa shape index (κ2) is 8.59. The molecule has 0 aliphatic heterocycles. The van der Waals surface area contributed by atoms with Gasteiger partial charge in [0.05, 0.1) is 0 Å². The van der Waals surface area contributed by atoms with Gasteiger partial charge in [-0.15, -0.1) is 0 Å². The monoisotopic (exact) mass is 238 g/mol. The third kappa shape index (κ3) is 5.52. The number of rotatable bonds is 8. The van der Waals surface area contributed by atoms with E-state index in [-0.39, 0.29) is 0 Å². The number of hydrogen-bond acceptors (Lipinski definition) is 3. The lowest BCUT2D eigenvalue weighted by Crippen LogP contribution is -2.19. The van der Waals surface area contributed by atoms with Crippen molar-refractivity contribution in [3.05, 3.63) is 30.1 Å². The number of thioether (sulfide) groups is 1. The first-order valence-corrected chi connectivity index (χ1v) is 7.36. The number of hydrogen-bond donors (Lipinski definition) is 1. The van der Waals surface area contributed by atoms with Crippen LogP contribution in [0.1, 0.15) is 37.8 Å². The summed E-state index contributed by atoms with van der Waals surface area (Å²) >= 11 is 1.93. The van der Waals surface area contributed by atoms with Gasteiger partial charge >= 0.3 is 0 Å². The van der Waals surface area contributed by atoms with E-state index >= 15 is 0 Å². The molecule has 1 N–H and O–H groups in total. The highest BCUT2D eigenvalue weighted by atomic mass is 32.2. The number of aromatic nitrogens is 1. The molecule has 0 bridgehead atoms. The molecule has 1 unspecified atom stereocenters. The molecule has 0 aliphatic carbocycles. The Kier molecular flexibility index (Phi) is 7.26. The Morgan fingerprint density at radius 3 is 2.94 bits per heavy atom. The summed E-state index contributed by atoms with van der Waals surface area (Å²) in [5, 5.41) is 3.53. The van der Waals surface area contributed by atoms with E-state index < -0.39 is 0 Å². The maximum Gasteiger partial charge on any atom is 0.0315 e. The van der Waals surface area contributed by atoms with E-state index in [1.165, 1.54) is 30.6 Å². The summed E-state index contributed by atoms with van der Waals surface area (Å²) in [6.45, 7) is 3.29. The number of pyridine rings is 1. The predicted molar refractivity (Wildman–Crippen MR) is 72.9 cm³/mol. The summed E-state index contributed by atoms with van der Waals surface area (Å²) < 4.78 is 0. The van der Waals surface area contributed by atoms with Crippen molar-refractivity contribution in [2.24, 2.45) is 0 Å². The van der Waals surface area contributed by atoms with E-state index in [4.69, 9.17) is 0 Å². The molecular weight excluding hydrogens is 216 g/mol. The van der Waals surface area contributed by atoms with Crippen molar-refractivity contribution in [3.63, 3.8) is 0 Å². The predicted octanol–water partition coefficient (Wildman–Crippen LogP) is 3.27. The average Bonchev–Trinajstić information content (AvgIpc) is 2.34. The van der Waals surface area contributed by atoms with Crippen LogP contribution in [0, 0.1) is 0 Å². The molecule has 3 heteroatoms.